The maximum Gasteiger partial charge on any atom is 0.332 e. The minimum absolute atomic E-state index is 0.269. The molecule has 2 aromatic heterocycles. The van der Waals surface area contributed by atoms with Crippen LogP contribution in [0, 0.1) is 0 Å². The van der Waals surface area contributed by atoms with Crippen molar-refractivity contribution >= 4 is 22.8 Å². The first-order chi connectivity index (χ1) is 11.0. The Balaban J connectivity index is 2.11. The lowest BCUT2D eigenvalue weighted by Gasteiger charge is -2.13. The molecule has 0 bridgehead atoms. The molecule has 0 radical (unpaired) electrons. The van der Waals surface area contributed by atoms with E-state index in [1.807, 2.05) is 6.92 Å². The number of hydrogen-bond acceptors (Lipinski definition) is 5. The van der Waals surface area contributed by atoms with Crippen LogP contribution in [0.3, 0.4) is 0 Å². The van der Waals surface area contributed by atoms with E-state index in [0.29, 0.717) is 30.2 Å². The Bertz CT molecular complexity index is 886. The Morgan fingerprint density at radius 3 is 2.74 bits per heavy atom. The molecule has 8 heteroatoms. The van der Waals surface area contributed by atoms with Crippen LogP contribution < -0.4 is 16.7 Å². The van der Waals surface area contributed by atoms with Gasteiger partial charge in [-0.3, -0.25) is 18.5 Å². The fraction of sp³-hybridized carbons (Fsp3) is 0.600. The second kappa shape index (κ2) is 6.02. The van der Waals surface area contributed by atoms with Crippen molar-refractivity contribution < 1.29 is 0 Å². The van der Waals surface area contributed by atoms with Crippen LogP contribution in [0.4, 0.5) is 5.95 Å². The third-order valence-corrected chi connectivity index (χ3v) is 4.20. The number of imidazole rings is 1. The number of aryl methyl sites for hydroxylation is 1. The van der Waals surface area contributed by atoms with Gasteiger partial charge < -0.3 is 0 Å². The number of hydrogen-bond donors (Lipinski definition) is 1. The van der Waals surface area contributed by atoms with Crippen LogP contribution in [-0.4, -0.2) is 24.4 Å². The molecule has 0 saturated carbocycles. The van der Waals surface area contributed by atoms with Crippen LogP contribution in [-0.2, 0) is 20.1 Å². The van der Waals surface area contributed by atoms with Gasteiger partial charge in [0.1, 0.15) is 0 Å². The van der Waals surface area contributed by atoms with E-state index in [1.165, 1.54) is 9.13 Å². The highest BCUT2D eigenvalue weighted by atomic mass is 16.2. The second-order valence-corrected chi connectivity index (χ2v) is 6.01. The molecule has 0 aliphatic carbocycles. The zero-order valence-electron chi connectivity index (χ0n) is 13.8. The van der Waals surface area contributed by atoms with Gasteiger partial charge >= 0.3 is 5.69 Å². The minimum Gasteiger partial charge on any atom is -0.297 e. The first kappa shape index (κ1) is 15.5. The van der Waals surface area contributed by atoms with Gasteiger partial charge in [0.2, 0.25) is 5.95 Å². The van der Waals surface area contributed by atoms with Crippen molar-refractivity contribution in [2.75, 3.05) is 5.43 Å². The smallest absolute Gasteiger partial charge is 0.297 e. The summed E-state index contributed by atoms with van der Waals surface area (Å²) in [6.07, 6.45) is 4.07. The predicted octanol–water partition coefficient (Wildman–Crippen LogP) is 1.28. The number of rotatable bonds is 5. The molecule has 0 spiro atoms. The average Bonchev–Trinajstić information content (AvgIpc) is 2.91. The Hall–Kier alpha value is -2.38. The van der Waals surface area contributed by atoms with Gasteiger partial charge in [0.25, 0.3) is 5.56 Å². The minimum atomic E-state index is -0.313. The first-order valence-corrected chi connectivity index (χ1v) is 8.03. The monoisotopic (exact) mass is 318 g/mol. The van der Waals surface area contributed by atoms with E-state index < -0.39 is 0 Å². The molecule has 3 rings (SSSR count). The maximum atomic E-state index is 12.8. The number of anilines is 1. The molecule has 8 nitrogen and oxygen atoms in total. The summed E-state index contributed by atoms with van der Waals surface area (Å²) in [4.78, 5) is 29.7. The number of nitrogens with zero attached hydrogens (tertiary/aromatic N) is 5. The van der Waals surface area contributed by atoms with E-state index in [-0.39, 0.29) is 11.2 Å². The number of aromatic nitrogens is 4. The van der Waals surface area contributed by atoms with Crippen molar-refractivity contribution in [3.8, 4) is 0 Å². The maximum absolute atomic E-state index is 12.8. The number of fused-ring (bicyclic) bond motifs is 3. The molecule has 0 amide bonds. The topological polar surface area (TPSA) is 86.2 Å². The van der Waals surface area contributed by atoms with Gasteiger partial charge in [0, 0.05) is 13.6 Å². The van der Waals surface area contributed by atoms with E-state index in [2.05, 4.69) is 22.4 Å². The molecule has 124 valence electrons. The van der Waals surface area contributed by atoms with Gasteiger partial charge in [-0.15, -0.1) is 0 Å². The lowest BCUT2D eigenvalue weighted by Crippen LogP contribution is -2.40. The van der Waals surface area contributed by atoms with Crippen molar-refractivity contribution in [1.82, 2.24) is 18.7 Å². The van der Waals surface area contributed by atoms with Gasteiger partial charge in [0.05, 0.1) is 12.3 Å². The van der Waals surface area contributed by atoms with E-state index in [1.54, 1.807) is 11.6 Å². The SMILES string of the molecule is CCCCCCn1c(=O)c2c(nc3n2CC(C)=NN3)n(C)c1=O. The Kier molecular flexibility index (Phi) is 4.06. The standard InChI is InChI=1S/C15H22N6O2/c1-4-5-6-7-8-20-13(22)11-12(19(3)15(20)23)16-14-18-17-10(2)9-21(11)14/h4-9H2,1-3H3,(H,16,18). The molecule has 23 heavy (non-hydrogen) atoms. The number of unbranched alkanes of at least 4 members (excludes halogenated alkanes) is 3. The summed E-state index contributed by atoms with van der Waals surface area (Å²) >= 11 is 0. The molecule has 0 unspecified atom stereocenters. The third kappa shape index (κ3) is 2.58. The van der Waals surface area contributed by atoms with Gasteiger partial charge in [-0.1, -0.05) is 26.2 Å². The Labute approximate surface area is 133 Å². The first-order valence-electron chi connectivity index (χ1n) is 8.03. The number of nitrogens with one attached hydrogen (secondary N) is 1. The van der Waals surface area contributed by atoms with Gasteiger partial charge in [0.15, 0.2) is 11.2 Å². The molecular formula is C15H22N6O2. The van der Waals surface area contributed by atoms with Crippen LogP contribution in [0.2, 0.25) is 0 Å². The molecule has 1 aliphatic heterocycles. The molecule has 0 saturated heterocycles. The van der Waals surface area contributed by atoms with Crippen LogP contribution in [0.25, 0.3) is 11.2 Å². The highest BCUT2D eigenvalue weighted by Crippen LogP contribution is 2.18. The van der Waals surface area contributed by atoms with E-state index in [0.717, 1.165) is 31.4 Å². The zero-order valence-corrected chi connectivity index (χ0v) is 13.8. The van der Waals surface area contributed by atoms with E-state index in [9.17, 15) is 9.59 Å². The van der Waals surface area contributed by atoms with Crippen molar-refractivity contribution in [3.63, 3.8) is 0 Å². The zero-order chi connectivity index (χ0) is 16.6. The van der Waals surface area contributed by atoms with Gasteiger partial charge in [-0.2, -0.15) is 10.1 Å². The summed E-state index contributed by atoms with van der Waals surface area (Å²) < 4.78 is 4.56. The predicted molar refractivity (Wildman–Crippen MR) is 90.1 cm³/mol. The normalized spacial score (nSPS) is 13.8. The van der Waals surface area contributed by atoms with Crippen molar-refractivity contribution in [2.24, 2.45) is 12.1 Å². The Morgan fingerprint density at radius 1 is 1.22 bits per heavy atom. The van der Waals surface area contributed by atoms with Crippen molar-refractivity contribution in [2.45, 2.75) is 52.6 Å². The fourth-order valence-electron chi connectivity index (χ4n) is 2.91. The second-order valence-electron chi connectivity index (χ2n) is 6.01. The third-order valence-electron chi connectivity index (χ3n) is 4.20. The summed E-state index contributed by atoms with van der Waals surface area (Å²) in [7, 11) is 1.65. The molecule has 1 N–H and O–H groups in total. The van der Waals surface area contributed by atoms with Gasteiger partial charge in [-0.25, -0.2) is 10.2 Å². The highest BCUT2D eigenvalue weighted by molar-refractivity contribution is 5.87. The fourth-order valence-corrected chi connectivity index (χ4v) is 2.91. The molecular weight excluding hydrogens is 296 g/mol. The van der Waals surface area contributed by atoms with Crippen LogP contribution in [0.1, 0.15) is 39.5 Å². The highest BCUT2D eigenvalue weighted by Gasteiger charge is 2.22. The molecule has 0 aromatic carbocycles. The van der Waals surface area contributed by atoms with E-state index >= 15 is 0 Å². The van der Waals surface area contributed by atoms with Crippen LogP contribution in [0.5, 0.6) is 0 Å². The molecule has 0 fully saturated rings. The summed E-state index contributed by atoms with van der Waals surface area (Å²) in [5, 5.41) is 4.13. The quantitative estimate of drug-likeness (QED) is 0.841. The largest absolute Gasteiger partial charge is 0.332 e. The van der Waals surface area contributed by atoms with Crippen molar-refractivity contribution in [3.05, 3.63) is 20.8 Å². The van der Waals surface area contributed by atoms with Gasteiger partial charge in [-0.05, 0) is 13.3 Å². The molecule has 3 heterocycles. The van der Waals surface area contributed by atoms with Crippen LogP contribution >= 0.6 is 0 Å². The van der Waals surface area contributed by atoms with E-state index in [4.69, 9.17) is 0 Å². The summed E-state index contributed by atoms with van der Waals surface area (Å²) in [6.45, 7) is 4.96. The lowest BCUT2D eigenvalue weighted by molar-refractivity contribution is 0.538. The molecule has 0 atom stereocenters. The number of hydrazone groups is 1. The summed E-state index contributed by atoms with van der Waals surface area (Å²) in [6, 6.07) is 0. The molecule has 2 aromatic rings. The lowest BCUT2D eigenvalue weighted by atomic mass is 10.2. The summed E-state index contributed by atoms with van der Waals surface area (Å²) in [5.41, 5.74) is 3.97. The average molecular weight is 318 g/mol. The Morgan fingerprint density at radius 2 is 2.00 bits per heavy atom. The van der Waals surface area contributed by atoms with Crippen LogP contribution in [0.15, 0.2) is 14.7 Å². The van der Waals surface area contributed by atoms with Crippen molar-refractivity contribution in [1.29, 1.82) is 0 Å². The summed E-state index contributed by atoms with van der Waals surface area (Å²) in [5.74, 6) is 0.501. The molecule has 1 aliphatic rings.